The Morgan fingerprint density at radius 2 is 2.38 bits per heavy atom. The molecule has 2 radical (unpaired) electrons. The highest BCUT2D eigenvalue weighted by molar-refractivity contribution is 8.37. The topological polar surface area (TPSA) is 12.9 Å². The van der Waals surface area contributed by atoms with Crippen molar-refractivity contribution in [3.63, 3.8) is 0 Å². The van der Waals surface area contributed by atoms with Gasteiger partial charge in [0.15, 0.2) is 0 Å². The van der Waals surface area contributed by atoms with E-state index in [1.54, 1.807) is 0 Å². The molecule has 13 heavy (non-hydrogen) atoms. The monoisotopic (exact) mass is 223 g/mol. The van der Waals surface area contributed by atoms with Crippen LogP contribution in [0.25, 0.3) is 0 Å². The first-order valence-electron chi connectivity index (χ1n) is 4.15. The lowest BCUT2D eigenvalue weighted by Gasteiger charge is -2.03. The Morgan fingerprint density at radius 3 is 3.00 bits per heavy atom. The lowest BCUT2D eigenvalue weighted by atomic mass is 10.2. The smallest absolute Gasteiger partial charge is 0.243 e. The zero-order valence-corrected chi connectivity index (χ0v) is 10.3. The van der Waals surface area contributed by atoms with E-state index >= 15 is 0 Å². The highest BCUT2D eigenvalue weighted by Gasteiger charge is 2.00. The summed E-state index contributed by atoms with van der Waals surface area (Å²) in [7, 11) is 1.49. The van der Waals surface area contributed by atoms with Crippen LogP contribution in [0.4, 0.5) is 0 Å². The van der Waals surface area contributed by atoms with Gasteiger partial charge in [-0.15, -0.1) is 0 Å². The van der Waals surface area contributed by atoms with Crippen molar-refractivity contribution in [1.82, 2.24) is 4.98 Å². The third-order valence-corrected chi connectivity index (χ3v) is 3.77. The minimum Gasteiger partial charge on any atom is -0.251 e. The molecule has 1 aromatic rings. The Balaban J connectivity index is 2.85. The van der Waals surface area contributed by atoms with E-state index in [2.05, 4.69) is 27.1 Å². The summed E-state index contributed by atoms with van der Waals surface area (Å²) in [6.07, 6.45) is 2.15. The fourth-order valence-corrected chi connectivity index (χ4v) is 1.76. The molecule has 0 aliphatic rings. The molecule has 66 valence electrons. The zero-order valence-electron chi connectivity index (χ0n) is 7.49. The van der Waals surface area contributed by atoms with Crippen molar-refractivity contribution in [2.75, 3.05) is 0 Å². The average molecular weight is 223 g/mol. The molecule has 0 saturated heterocycles. The minimum absolute atomic E-state index is 0.836. The quantitative estimate of drug-likeness (QED) is 0.577. The van der Waals surface area contributed by atoms with E-state index in [1.165, 1.54) is 10.1 Å². The second kappa shape index (κ2) is 5.77. The number of thiocarbonyl (C=S) groups is 1. The first-order chi connectivity index (χ1) is 6.27. The van der Waals surface area contributed by atoms with Crippen LogP contribution in [-0.2, 0) is 6.42 Å². The first-order valence-corrected chi connectivity index (χ1v) is 6.85. The van der Waals surface area contributed by atoms with Crippen LogP contribution in [0.5, 0.6) is 0 Å². The molecule has 4 heteroatoms. The summed E-state index contributed by atoms with van der Waals surface area (Å²) in [6, 6.07) is 6.02. The van der Waals surface area contributed by atoms with Gasteiger partial charge in [-0.25, -0.2) is 10.1 Å². The van der Waals surface area contributed by atoms with Gasteiger partial charge in [-0.2, -0.15) is 0 Å². The molecule has 1 nitrogen and oxygen atoms in total. The number of pyridine rings is 1. The lowest BCUT2D eigenvalue weighted by molar-refractivity contribution is 0.881. The van der Waals surface area contributed by atoms with E-state index in [9.17, 15) is 0 Å². The highest BCUT2D eigenvalue weighted by atomic mass is 32.3. The Labute approximate surface area is 95.8 Å². The SMILES string of the molecule is CCCc1cccc(C(=S)[S][Al])n1. The van der Waals surface area contributed by atoms with Gasteiger partial charge in [-0.05, 0) is 18.6 Å². The molecule has 0 spiro atoms. The molecule has 0 aromatic carbocycles. The van der Waals surface area contributed by atoms with Gasteiger partial charge in [0.2, 0.25) is 15.2 Å². The van der Waals surface area contributed by atoms with Crippen LogP contribution in [0.1, 0.15) is 24.7 Å². The molecule has 0 aliphatic carbocycles. The van der Waals surface area contributed by atoms with Crippen molar-refractivity contribution < 1.29 is 0 Å². The molecular formula is C9H10AlNS2. The molecule has 1 aromatic heterocycles. The molecule has 0 saturated carbocycles. The maximum absolute atomic E-state index is 5.15. The van der Waals surface area contributed by atoms with Crippen molar-refractivity contribution >= 4 is 41.7 Å². The number of nitrogens with zero attached hydrogens (tertiary/aromatic N) is 1. The van der Waals surface area contributed by atoms with Crippen LogP contribution in [0.2, 0.25) is 0 Å². The van der Waals surface area contributed by atoms with Crippen LogP contribution in [0.3, 0.4) is 0 Å². The summed E-state index contributed by atoms with van der Waals surface area (Å²) in [5.74, 6) is 0. The van der Waals surface area contributed by atoms with Gasteiger partial charge in [-0.1, -0.05) is 31.6 Å². The van der Waals surface area contributed by atoms with Gasteiger partial charge in [-0.3, -0.25) is 4.98 Å². The van der Waals surface area contributed by atoms with Crippen LogP contribution < -0.4 is 0 Å². The lowest BCUT2D eigenvalue weighted by Crippen LogP contribution is -1.98. The van der Waals surface area contributed by atoms with Crippen LogP contribution >= 0.6 is 22.3 Å². The number of aromatic nitrogens is 1. The fourth-order valence-electron chi connectivity index (χ4n) is 1.05. The van der Waals surface area contributed by atoms with Gasteiger partial charge in [0, 0.05) is 5.69 Å². The molecule has 1 heterocycles. The largest absolute Gasteiger partial charge is 0.251 e. The molecule has 0 unspecified atom stereocenters. The number of hydrogen-bond donors (Lipinski definition) is 0. The molecule has 0 bridgehead atoms. The predicted molar refractivity (Wildman–Crippen MR) is 63.3 cm³/mol. The van der Waals surface area contributed by atoms with Crippen LogP contribution in [0.15, 0.2) is 18.2 Å². The first kappa shape index (κ1) is 11.2. The van der Waals surface area contributed by atoms with Crippen molar-refractivity contribution in [2.45, 2.75) is 19.8 Å². The molecule has 0 atom stereocenters. The molecule has 0 N–H and O–H groups in total. The Kier molecular flexibility index (Phi) is 4.97. The molecule has 0 amide bonds. The van der Waals surface area contributed by atoms with Crippen molar-refractivity contribution in [3.8, 4) is 0 Å². The second-order valence-corrected chi connectivity index (χ2v) is 4.69. The standard InChI is InChI=1S/C9H11NS2.Al/c1-2-4-7-5-3-6-8(10-7)9(11)12;/h3,5-6H,2,4H2,1H3,(H,11,12);/q;+1/p-1. The Morgan fingerprint density at radius 1 is 1.62 bits per heavy atom. The van der Waals surface area contributed by atoms with E-state index in [1.807, 2.05) is 18.2 Å². The molecule has 1 rings (SSSR count). The summed E-state index contributed by atoms with van der Waals surface area (Å²) in [6.45, 7) is 2.15. The normalized spacial score (nSPS) is 9.92. The van der Waals surface area contributed by atoms with Gasteiger partial charge in [0.1, 0.15) is 0 Å². The average Bonchev–Trinajstić information content (AvgIpc) is 2.18. The second-order valence-electron chi connectivity index (χ2n) is 2.67. The van der Waals surface area contributed by atoms with Crippen molar-refractivity contribution in [2.24, 2.45) is 0 Å². The zero-order chi connectivity index (χ0) is 9.68. The minimum atomic E-state index is 0.836. The van der Waals surface area contributed by atoms with Gasteiger partial charge in [0.25, 0.3) is 0 Å². The molecule has 0 aliphatic heterocycles. The molecular weight excluding hydrogens is 213 g/mol. The van der Waals surface area contributed by atoms with Gasteiger partial charge >= 0.3 is 0 Å². The predicted octanol–water partition coefficient (Wildman–Crippen LogP) is 2.53. The number of hydrogen-bond acceptors (Lipinski definition) is 3. The van der Waals surface area contributed by atoms with Crippen LogP contribution in [-0.4, -0.2) is 24.3 Å². The van der Waals surface area contributed by atoms with Gasteiger partial charge < -0.3 is 0 Å². The number of rotatable bonds is 3. The van der Waals surface area contributed by atoms with E-state index in [0.29, 0.717) is 0 Å². The summed E-state index contributed by atoms with van der Waals surface area (Å²) >= 11 is 7.69. The Hall–Kier alpha value is 0.122. The van der Waals surface area contributed by atoms with Crippen molar-refractivity contribution in [1.29, 1.82) is 0 Å². The van der Waals surface area contributed by atoms with E-state index in [0.717, 1.165) is 28.4 Å². The van der Waals surface area contributed by atoms with Gasteiger partial charge in [0.05, 0.1) is 9.89 Å². The maximum Gasteiger partial charge on any atom is 0.243 e. The molecule has 0 fully saturated rings. The third kappa shape index (κ3) is 3.40. The van der Waals surface area contributed by atoms with Crippen LogP contribution in [0, 0.1) is 0 Å². The summed E-state index contributed by atoms with van der Waals surface area (Å²) in [5.41, 5.74) is 2.04. The maximum atomic E-state index is 5.15. The van der Waals surface area contributed by atoms with E-state index in [-0.39, 0.29) is 0 Å². The summed E-state index contributed by atoms with van der Waals surface area (Å²) < 4.78 is 0.836. The van der Waals surface area contributed by atoms with E-state index in [4.69, 9.17) is 12.2 Å². The Bertz CT molecular complexity index is 301. The summed E-state index contributed by atoms with van der Waals surface area (Å²) in [4.78, 5) is 4.46. The summed E-state index contributed by atoms with van der Waals surface area (Å²) in [5, 5.41) is 0. The third-order valence-electron chi connectivity index (χ3n) is 1.63. The fraction of sp³-hybridized carbons (Fsp3) is 0.333. The van der Waals surface area contributed by atoms with Crippen molar-refractivity contribution in [3.05, 3.63) is 29.6 Å². The number of aryl methyl sites for hydroxylation is 1. The highest BCUT2D eigenvalue weighted by Crippen LogP contribution is 2.09. The van der Waals surface area contributed by atoms with E-state index < -0.39 is 0 Å².